The number of aromatic nitrogens is 6. The third-order valence-electron chi connectivity index (χ3n) is 4.02. The molecule has 27 heavy (non-hydrogen) atoms. The fourth-order valence-electron chi connectivity index (χ4n) is 2.67. The van der Waals surface area contributed by atoms with E-state index in [0.29, 0.717) is 17.3 Å². The van der Waals surface area contributed by atoms with E-state index in [1.54, 1.807) is 18.1 Å². The largest absolute Gasteiger partial charge is 0.326 e. The molecule has 0 bridgehead atoms. The van der Waals surface area contributed by atoms with Gasteiger partial charge in [-0.1, -0.05) is 23.9 Å². The van der Waals surface area contributed by atoms with Crippen LogP contribution in [-0.2, 0) is 11.8 Å². The number of aryl methyl sites for hydroxylation is 1. The van der Waals surface area contributed by atoms with Crippen molar-refractivity contribution in [1.29, 1.82) is 0 Å². The van der Waals surface area contributed by atoms with Crippen molar-refractivity contribution in [3.63, 3.8) is 0 Å². The van der Waals surface area contributed by atoms with Crippen LogP contribution in [0, 0.1) is 0 Å². The Bertz CT molecular complexity index is 1070. The number of carbonyl (C=O) groups is 1. The molecule has 2 aromatic heterocycles. The van der Waals surface area contributed by atoms with E-state index in [0.717, 1.165) is 22.4 Å². The molecule has 0 spiro atoms. The normalized spacial score (nSPS) is 11.0. The fourth-order valence-corrected chi connectivity index (χ4v) is 3.46. The van der Waals surface area contributed by atoms with Gasteiger partial charge in [0.25, 0.3) is 0 Å². The molecule has 9 heteroatoms. The molecule has 1 amide bonds. The Morgan fingerprint density at radius 1 is 1.15 bits per heavy atom. The molecule has 0 unspecified atom stereocenters. The molecular weight excluding hydrogens is 362 g/mol. The Kier molecular flexibility index (Phi) is 4.84. The lowest BCUT2D eigenvalue weighted by atomic mass is 10.2. The first-order chi connectivity index (χ1) is 13.2. The maximum Gasteiger partial charge on any atom is 0.225 e. The lowest BCUT2D eigenvalue weighted by Gasteiger charge is -2.08. The van der Waals surface area contributed by atoms with Crippen LogP contribution in [0.15, 0.2) is 60.0 Å². The van der Waals surface area contributed by atoms with Crippen LogP contribution in [0.1, 0.15) is 6.42 Å². The van der Waals surface area contributed by atoms with Crippen LogP contribution in [0.4, 0.5) is 5.69 Å². The lowest BCUT2D eigenvalue weighted by Crippen LogP contribution is -2.12. The predicted octanol–water partition coefficient (Wildman–Crippen LogP) is 2.67. The summed E-state index contributed by atoms with van der Waals surface area (Å²) in [7, 11) is 1.77. The Balaban J connectivity index is 1.36. The van der Waals surface area contributed by atoms with Crippen molar-refractivity contribution in [2.24, 2.45) is 7.05 Å². The number of tetrazole rings is 1. The van der Waals surface area contributed by atoms with Crippen LogP contribution < -0.4 is 5.32 Å². The van der Waals surface area contributed by atoms with Gasteiger partial charge in [0.15, 0.2) is 0 Å². The lowest BCUT2D eigenvalue weighted by molar-refractivity contribution is -0.115. The van der Waals surface area contributed by atoms with Crippen LogP contribution in [0.5, 0.6) is 0 Å². The number of anilines is 1. The van der Waals surface area contributed by atoms with E-state index in [2.05, 4.69) is 25.8 Å². The molecule has 0 aliphatic carbocycles. The van der Waals surface area contributed by atoms with E-state index in [-0.39, 0.29) is 5.91 Å². The van der Waals surface area contributed by atoms with E-state index >= 15 is 0 Å². The van der Waals surface area contributed by atoms with Gasteiger partial charge in [-0.15, -0.1) is 5.10 Å². The molecule has 4 rings (SSSR count). The van der Waals surface area contributed by atoms with E-state index in [4.69, 9.17) is 0 Å². The third kappa shape index (κ3) is 3.82. The Hall–Kier alpha value is -3.20. The quantitative estimate of drug-likeness (QED) is 0.518. The molecule has 0 aliphatic heterocycles. The monoisotopic (exact) mass is 379 g/mol. The molecular formula is C18H17N7OS. The first-order valence-corrected chi connectivity index (χ1v) is 9.37. The summed E-state index contributed by atoms with van der Waals surface area (Å²) in [6, 6.07) is 15.7. The number of rotatable bonds is 6. The van der Waals surface area contributed by atoms with E-state index < -0.39 is 0 Å². The van der Waals surface area contributed by atoms with Gasteiger partial charge in [-0.25, -0.2) is 9.67 Å². The average Bonchev–Trinajstić information content (AvgIpc) is 3.29. The summed E-state index contributed by atoms with van der Waals surface area (Å²) >= 11 is 1.45. The van der Waals surface area contributed by atoms with Crippen molar-refractivity contribution in [3.8, 4) is 5.69 Å². The molecule has 0 fully saturated rings. The molecule has 4 aromatic rings. The number of carbonyl (C=O) groups excluding carboxylic acids is 1. The zero-order valence-corrected chi connectivity index (χ0v) is 15.4. The fraction of sp³-hybridized carbons (Fsp3) is 0.167. The van der Waals surface area contributed by atoms with Gasteiger partial charge in [0.2, 0.25) is 11.1 Å². The molecule has 0 atom stereocenters. The molecule has 1 N–H and O–H groups in total. The van der Waals surface area contributed by atoms with Crippen molar-refractivity contribution < 1.29 is 4.79 Å². The van der Waals surface area contributed by atoms with Crippen molar-refractivity contribution in [2.45, 2.75) is 11.6 Å². The van der Waals surface area contributed by atoms with Gasteiger partial charge in [0, 0.05) is 30.6 Å². The van der Waals surface area contributed by atoms with Crippen LogP contribution in [0.3, 0.4) is 0 Å². The van der Waals surface area contributed by atoms with Gasteiger partial charge < -0.3 is 5.32 Å². The zero-order chi connectivity index (χ0) is 18.6. The summed E-state index contributed by atoms with van der Waals surface area (Å²) in [4.78, 5) is 16.5. The van der Waals surface area contributed by atoms with E-state index in [1.165, 1.54) is 11.8 Å². The molecule has 0 aliphatic rings. The minimum atomic E-state index is -0.0431. The second-order valence-corrected chi connectivity index (χ2v) is 6.94. The van der Waals surface area contributed by atoms with Crippen LogP contribution in [0.2, 0.25) is 0 Å². The number of benzene rings is 2. The molecule has 2 heterocycles. The minimum absolute atomic E-state index is 0.0431. The molecule has 0 saturated carbocycles. The van der Waals surface area contributed by atoms with Crippen molar-refractivity contribution in [3.05, 3.63) is 54.9 Å². The Labute approximate surface area is 159 Å². The summed E-state index contributed by atoms with van der Waals surface area (Å²) in [6.45, 7) is 0. The van der Waals surface area contributed by atoms with Gasteiger partial charge in [0.1, 0.15) is 6.33 Å². The van der Waals surface area contributed by atoms with Gasteiger partial charge in [-0.3, -0.25) is 9.36 Å². The highest BCUT2D eigenvalue weighted by molar-refractivity contribution is 7.99. The highest BCUT2D eigenvalue weighted by atomic mass is 32.2. The molecule has 0 radical (unpaired) electrons. The zero-order valence-electron chi connectivity index (χ0n) is 14.6. The SMILES string of the molecule is Cn1nnnc1SCCC(=O)Nc1ccc(-n2cnc3ccccc32)cc1. The van der Waals surface area contributed by atoms with E-state index in [9.17, 15) is 4.79 Å². The highest BCUT2D eigenvalue weighted by Crippen LogP contribution is 2.20. The Morgan fingerprint density at radius 2 is 1.96 bits per heavy atom. The third-order valence-corrected chi connectivity index (χ3v) is 5.04. The topological polar surface area (TPSA) is 90.5 Å². The van der Waals surface area contributed by atoms with Crippen molar-refractivity contribution in [1.82, 2.24) is 29.8 Å². The van der Waals surface area contributed by atoms with Crippen molar-refractivity contribution >= 4 is 34.4 Å². The molecule has 2 aromatic carbocycles. The highest BCUT2D eigenvalue weighted by Gasteiger charge is 2.08. The summed E-state index contributed by atoms with van der Waals surface area (Å²) in [5, 5.41) is 14.8. The molecule has 0 saturated heterocycles. The van der Waals surface area contributed by atoms with Gasteiger partial charge in [0.05, 0.1) is 11.0 Å². The van der Waals surface area contributed by atoms with Crippen LogP contribution in [-0.4, -0.2) is 41.4 Å². The Morgan fingerprint density at radius 3 is 2.74 bits per heavy atom. The first-order valence-electron chi connectivity index (χ1n) is 8.38. The van der Waals surface area contributed by atoms with E-state index in [1.807, 2.05) is 53.1 Å². The first kappa shape index (κ1) is 17.2. The minimum Gasteiger partial charge on any atom is -0.326 e. The second kappa shape index (κ2) is 7.58. The molecule has 136 valence electrons. The van der Waals surface area contributed by atoms with Gasteiger partial charge in [-0.2, -0.15) is 0 Å². The van der Waals surface area contributed by atoms with Gasteiger partial charge >= 0.3 is 0 Å². The van der Waals surface area contributed by atoms with Crippen molar-refractivity contribution in [2.75, 3.05) is 11.1 Å². The summed E-state index contributed by atoms with van der Waals surface area (Å²) in [5.41, 5.74) is 3.75. The number of fused-ring (bicyclic) bond motifs is 1. The number of amides is 1. The predicted molar refractivity (Wildman–Crippen MR) is 104 cm³/mol. The number of thioether (sulfide) groups is 1. The average molecular weight is 379 g/mol. The number of hydrogen-bond donors (Lipinski definition) is 1. The maximum absolute atomic E-state index is 12.1. The van der Waals surface area contributed by atoms with Crippen LogP contribution >= 0.6 is 11.8 Å². The number of hydrogen-bond acceptors (Lipinski definition) is 6. The summed E-state index contributed by atoms with van der Waals surface area (Å²) < 4.78 is 3.60. The summed E-state index contributed by atoms with van der Waals surface area (Å²) in [6.07, 6.45) is 2.18. The number of para-hydroxylation sites is 2. The van der Waals surface area contributed by atoms with Crippen LogP contribution in [0.25, 0.3) is 16.7 Å². The number of nitrogens with one attached hydrogen (secondary N) is 1. The maximum atomic E-state index is 12.1. The summed E-state index contributed by atoms with van der Waals surface area (Å²) in [5.74, 6) is 0.567. The number of nitrogens with zero attached hydrogens (tertiary/aromatic N) is 6. The number of imidazole rings is 1. The second-order valence-electron chi connectivity index (χ2n) is 5.88. The smallest absolute Gasteiger partial charge is 0.225 e. The standard InChI is InChI=1S/C18H17N7OS/c1-24-18(21-22-23-24)27-11-10-17(26)20-13-6-8-14(9-7-13)25-12-19-15-4-2-3-5-16(15)25/h2-9,12H,10-11H2,1H3,(H,20,26). The van der Waals surface area contributed by atoms with Gasteiger partial charge in [-0.05, 0) is 46.8 Å². The molecule has 8 nitrogen and oxygen atoms in total.